The van der Waals surface area contributed by atoms with Gasteiger partial charge in [-0.15, -0.1) is 0 Å². The molecule has 0 atom stereocenters. The zero-order valence-corrected chi connectivity index (χ0v) is 9.28. The van der Waals surface area contributed by atoms with E-state index in [-0.39, 0.29) is 5.91 Å². The molecule has 0 radical (unpaired) electrons. The lowest BCUT2D eigenvalue weighted by atomic mass is 10.3. The molecule has 2 rings (SSSR count). The van der Waals surface area contributed by atoms with E-state index in [9.17, 15) is 4.79 Å². The number of amides is 1. The first-order valence-corrected chi connectivity index (χ1v) is 5.00. The highest BCUT2D eigenvalue weighted by Gasteiger charge is 2.10. The molecule has 0 aliphatic carbocycles. The topological polar surface area (TPSA) is 55.1 Å². The SMILES string of the molecule is Cc1cc(C(=O)Nc2cnccc2Cl)co1. The highest BCUT2D eigenvalue weighted by Crippen LogP contribution is 2.20. The average molecular weight is 237 g/mol. The minimum atomic E-state index is -0.272. The molecule has 4 nitrogen and oxygen atoms in total. The summed E-state index contributed by atoms with van der Waals surface area (Å²) < 4.78 is 5.04. The van der Waals surface area contributed by atoms with E-state index in [1.807, 2.05) is 0 Å². The summed E-state index contributed by atoms with van der Waals surface area (Å²) in [6, 6.07) is 3.26. The molecule has 0 aromatic carbocycles. The summed E-state index contributed by atoms with van der Waals surface area (Å²) in [5.74, 6) is 0.411. The number of nitrogens with zero attached hydrogens (tertiary/aromatic N) is 1. The number of anilines is 1. The minimum absolute atomic E-state index is 0.272. The predicted molar refractivity (Wildman–Crippen MR) is 60.6 cm³/mol. The number of furan rings is 1. The zero-order chi connectivity index (χ0) is 11.5. The summed E-state index contributed by atoms with van der Waals surface area (Å²) >= 11 is 5.88. The van der Waals surface area contributed by atoms with Crippen LogP contribution in [0.5, 0.6) is 0 Å². The molecular weight excluding hydrogens is 228 g/mol. The van der Waals surface area contributed by atoms with Crippen molar-refractivity contribution in [3.8, 4) is 0 Å². The summed E-state index contributed by atoms with van der Waals surface area (Å²) in [6.45, 7) is 1.77. The number of carbonyl (C=O) groups excluding carboxylic acids is 1. The van der Waals surface area contributed by atoms with Crippen molar-refractivity contribution in [3.05, 3.63) is 47.1 Å². The van der Waals surface area contributed by atoms with Crippen LogP contribution in [0.1, 0.15) is 16.1 Å². The molecular formula is C11H9ClN2O2. The molecule has 1 amide bonds. The number of rotatable bonds is 2. The molecule has 16 heavy (non-hydrogen) atoms. The Balaban J connectivity index is 2.17. The number of hydrogen-bond donors (Lipinski definition) is 1. The van der Waals surface area contributed by atoms with Gasteiger partial charge in [-0.05, 0) is 19.1 Å². The second-order valence-electron chi connectivity index (χ2n) is 3.26. The van der Waals surface area contributed by atoms with Gasteiger partial charge in [-0.2, -0.15) is 0 Å². The van der Waals surface area contributed by atoms with Crippen LogP contribution in [-0.4, -0.2) is 10.9 Å². The van der Waals surface area contributed by atoms with Gasteiger partial charge in [0.05, 0.1) is 22.5 Å². The lowest BCUT2D eigenvalue weighted by molar-refractivity contribution is 0.102. The fourth-order valence-electron chi connectivity index (χ4n) is 1.23. The number of pyridine rings is 1. The molecule has 0 aliphatic rings. The maximum absolute atomic E-state index is 11.7. The van der Waals surface area contributed by atoms with Crippen molar-refractivity contribution < 1.29 is 9.21 Å². The second-order valence-corrected chi connectivity index (χ2v) is 3.66. The van der Waals surface area contributed by atoms with E-state index in [1.54, 1.807) is 25.3 Å². The molecule has 2 aromatic rings. The van der Waals surface area contributed by atoms with Crippen LogP contribution in [-0.2, 0) is 0 Å². The smallest absolute Gasteiger partial charge is 0.259 e. The van der Waals surface area contributed by atoms with Crippen molar-refractivity contribution in [2.75, 3.05) is 5.32 Å². The maximum Gasteiger partial charge on any atom is 0.259 e. The van der Waals surface area contributed by atoms with Gasteiger partial charge >= 0.3 is 0 Å². The standard InChI is InChI=1S/C11H9ClN2O2/c1-7-4-8(6-16-7)11(15)14-10-5-13-3-2-9(10)12/h2-6H,1H3,(H,14,15). The van der Waals surface area contributed by atoms with Gasteiger partial charge in [0.25, 0.3) is 5.91 Å². The van der Waals surface area contributed by atoms with Crippen LogP contribution in [0, 0.1) is 6.92 Å². The number of nitrogens with one attached hydrogen (secondary N) is 1. The third-order valence-electron chi connectivity index (χ3n) is 2.01. The summed E-state index contributed by atoms with van der Waals surface area (Å²) in [5, 5.41) is 3.09. The second kappa shape index (κ2) is 4.37. The van der Waals surface area contributed by atoms with Crippen LogP contribution in [0.3, 0.4) is 0 Å². The fraction of sp³-hybridized carbons (Fsp3) is 0.0909. The number of aryl methyl sites for hydroxylation is 1. The summed E-state index contributed by atoms with van der Waals surface area (Å²) in [4.78, 5) is 15.6. The first-order chi connectivity index (χ1) is 7.66. The van der Waals surface area contributed by atoms with Gasteiger partial charge in [0.1, 0.15) is 12.0 Å². The first-order valence-electron chi connectivity index (χ1n) is 4.63. The number of hydrogen-bond acceptors (Lipinski definition) is 3. The largest absolute Gasteiger partial charge is 0.469 e. The summed E-state index contributed by atoms with van der Waals surface area (Å²) in [5.41, 5.74) is 0.936. The molecule has 82 valence electrons. The van der Waals surface area contributed by atoms with E-state index in [2.05, 4.69) is 10.3 Å². The molecule has 2 heterocycles. The van der Waals surface area contributed by atoms with Gasteiger partial charge in [0.15, 0.2) is 0 Å². The van der Waals surface area contributed by atoms with Crippen LogP contribution in [0.25, 0.3) is 0 Å². The number of aromatic nitrogens is 1. The van der Waals surface area contributed by atoms with Crippen molar-refractivity contribution in [2.45, 2.75) is 6.92 Å². The van der Waals surface area contributed by atoms with Gasteiger partial charge < -0.3 is 9.73 Å². The Bertz CT molecular complexity index is 522. The van der Waals surface area contributed by atoms with Gasteiger partial charge in [-0.3, -0.25) is 9.78 Å². The Morgan fingerprint density at radius 1 is 1.56 bits per heavy atom. The molecule has 0 spiro atoms. The van der Waals surface area contributed by atoms with Crippen molar-refractivity contribution >= 4 is 23.2 Å². The molecule has 0 aliphatic heterocycles. The molecule has 5 heteroatoms. The Kier molecular flexibility index (Phi) is 2.92. The third-order valence-corrected chi connectivity index (χ3v) is 2.34. The molecule has 0 unspecified atom stereocenters. The maximum atomic E-state index is 11.7. The molecule has 0 fully saturated rings. The van der Waals surface area contributed by atoms with E-state index in [1.165, 1.54) is 12.5 Å². The number of carbonyl (C=O) groups is 1. The average Bonchev–Trinajstić information content (AvgIpc) is 2.68. The van der Waals surface area contributed by atoms with E-state index < -0.39 is 0 Å². The molecule has 2 aromatic heterocycles. The monoisotopic (exact) mass is 236 g/mol. The lowest BCUT2D eigenvalue weighted by Crippen LogP contribution is -2.11. The molecule has 0 saturated heterocycles. The van der Waals surface area contributed by atoms with E-state index in [0.29, 0.717) is 22.0 Å². The van der Waals surface area contributed by atoms with E-state index in [0.717, 1.165) is 0 Å². The molecule has 1 N–H and O–H groups in total. The Hall–Kier alpha value is -1.81. The molecule has 0 bridgehead atoms. The first kappa shape index (κ1) is 10.7. The normalized spacial score (nSPS) is 10.1. The van der Waals surface area contributed by atoms with Crippen molar-refractivity contribution in [2.24, 2.45) is 0 Å². The van der Waals surface area contributed by atoms with Gasteiger partial charge in [0, 0.05) is 6.20 Å². The van der Waals surface area contributed by atoms with Crippen LogP contribution in [0.15, 0.2) is 35.2 Å². The van der Waals surface area contributed by atoms with Crippen molar-refractivity contribution in [1.29, 1.82) is 0 Å². The third kappa shape index (κ3) is 2.23. The highest BCUT2D eigenvalue weighted by atomic mass is 35.5. The van der Waals surface area contributed by atoms with E-state index in [4.69, 9.17) is 16.0 Å². The number of halogens is 1. The summed E-state index contributed by atoms with van der Waals surface area (Å²) in [7, 11) is 0. The fourth-order valence-corrected chi connectivity index (χ4v) is 1.38. The van der Waals surface area contributed by atoms with Crippen LogP contribution < -0.4 is 5.32 Å². The van der Waals surface area contributed by atoms with Crippen molar-refractivity contribution in [3.63, 3.8) is 0 Å². The van der Waals surface area contributed by atoms with Crippen molar-refractivity contribution in [1.82, 2.24) is 4.98 Å². The Morgan fingerprint density at radius 3 is 3.00 bits per heavy atom. The Labute approximate surface area is 97.2 Å². The molecule has 0 saturated carbocycles. The Morgan fingerprint density at radius 2 is 2.38 bits per heavy atom. The van der Waals surface area contributed by atoms with Crippen LogP contribution >= 0.6 is 11.6 Å². The summed E-state index contributed by atoms with van der Waals surface area (Å²) in [6.07, 6.45) is 4.45. The van der Waals surface area contributed by atoms with Crippen LogP contribution in [0.2, 0.25) is 5.02 Å². The van der Waals surface area contributed by atoms with Gasteiger partial charge in [0.2, 0.25) is 0 Å². The zero-order valence-electron chi connectivity index (χ0n) is 8.53. The lowest BCUT2D eigenvalue weighted by Gasteiger charge is -2.03. The predicted octanol–water partition coefficient (Wildman–Crippen LogP) is 2.89. The minimum Gasteiger partial charge on any atom is -0.469 e. The van der Waals surface area contributed by atoms with Gasteiger partial charge in [-0.25, -0.2) is 0 Å². The highest BCUT2D eigenvalue weighted by molar-refractivity contribution is 6.33. The van der Waals surface area contributed by atoms with Gasteiger partial charge in [-0.1, -0.05) is 11.6 Å². The van der Waals surface area contributed by atoms with E-state index >= 15 is 0 Å². The quantitative estimate of drug-likeness (QED) is 0.872. The van der Waals surface area contributed by atoms with Crippen LogP contribution in [0.4, 0.5) is 5.69 Å².